The minimum atomic E-state index is -0.682. The monoisotopic (exact) mass is 214 g/mol. The van der Waals surface area contributed by atoms with Crippen LogP contribution in [-0.4, -0.2) is 60.1 Å². The Balaban J connectivity index is 2.49. The highest BCUT2D eigenvalue weighted by atomic mass is 16.4. The molecule has 1 unspecified atom stereocenters. The van der Waals surface area contributed by atoms with Crippen molar-refractivity contribution in [3.05, 3.63) is 0 Å². The zero-order chi connectivity index (χ0) is 11.3. The third-order valence-corrected chi connectivity index (χ3v) is 3.12. The van der Waals surface area contributed by atoms with Crippen LogP contribution in [0.4, 0.5) is 0 Å². The van der Waals surface area contributed by atoms with E-state index in [1.54, 1.807) is 0 Å². The summed E-state index contributed by atoms with van der Waals surface area (Å²) in [6, 6.07) is 0.415. The van der Waals surface area contributed by atoms with Gasteiger partial charge in [0.05, 0.1) is 0 Å². The Morgan fingerprint density at radius 1 is 1.47 bits per heavy atom. The van der Waals surface area contributed by atoms with Crippen LogP contribution in [0, 0.1) is 0 Å². The van der Waals surface area contributed by atoms with Crippen molar-refractivity contribution >= 4 is 5.97 Å². The van der Waals surface area contributed by atoms with Crippen LogP contribution in [-0.2, 0) is 4.79 Å². The lowest BCUT2D eigenvalue weighted by Gasteiger charge is -2.29. The molecule has 1 N–H and O–H groups in total. The van der Waals surface area contributed by atoms with Gasteiger partial charge in [-0.2, -0.15) is 0 Å². The van der Waals surface area contributed by atoms with Gasteiger partial charge in [-0.3, -0.25) is 9.69 Å². The van der Waals surface area contributed by atoms with E-state index in [4.69, 9.17) is 5.11 Å². The Bertz CT molecular complexity index is 209. The van der Waals surface area contributed by atoms with Gasteiger partial charge in [0.1, 0.15) is 0 Å². The molecule has 0 aliphatic carbocycles. The van der Waals surface area contributed by atoms with Crippen molar-refractivity contribution in [2.45, 2.75) is 32.2 Å². The van der Waals surface area contributed by atoms with E-state index >= 15 is 0 Å². The minimum Gasteiger partial charge on any atom is -0.481 e. The predicted octanol–water partition coefficient (Wildman–Crippen LogP) is 0.877. The molecule has 1 fully saturated rings. The van der Waals surface area contributed by atoms with Gasteiger partial charge in [0.15, 0.2) is 0 Å². The van der Waals surface area contributed by atoms with Gasteiger partial charge >= 0.3 is 5.97 Å². The van der Waals surface area contributed by atoms with E-state index in [-0.39, 0.29) is 6.42 Å². The maximum Gasteiger partial charge on any atom is 0.303 e. The Morgan fingerprint density at radius 2 is 2.20 bits per heavy atom. The summed E-state index contributed by atoms with van der Waals surface area (Å²) < 4.78 is 0. The summed E-state index contributed by atoms with van der Waals surface area (Å²) in [5.74, 6) is -0.682. The van der Waals surface area contributed by atoms with Crippen LogP contribution in [0.15, 0.2) is 0 Å². The standard InChI is InChI=1S/C11H22N2O2/c1-3-13-8-4-7-12(2)9-10(13)5-6-11(14)15/h10H,3-9H2,1-2H3,(H,14,15). The van der Waals surface area contributed by atoms with E-state index in [0.717, 1.165) is 32.6 Å². The van der Waals surface area contributed by atoms with Crippen molar-refractivity contribution in [2.75, 3.05) is 33.2 Å². The van der Waals surface area contributed by atoms with Gasteiger partial charge in [0, 0.05) is 19.0 Å². The Labute approximate surface area is 91.9 Å². The quantitative estimate of drug-likeness (QED) is 0.754. The smallest absolute Gasteiger partial charge is 0.303 e. The van der Waals surface area contributed by atoms with Crippen molar-refractivity contribution in [1.82, 2.24) is 9.80 Å². The van der Waals surface area contributed by atoms with Crippen LogP contribution in [0.25, 0.3) is 0 Å². The zero-order valence-corrected chi connectivity index (χ0v) is 9.78. The predicted molar refractivity (Wildman–Crippen MR) is 60.0 cm³/mol. The van der Waals surface area contributed by atoms with E-state index < -0.39 is 5.97 Å². The van der Waals surface area contributed by atoms with E-state index in [0.29, 0.717) is 6.04 Å². The average molecular weight is 214 g/mol. The van der Waals surface area contributed by atoms with Crippen LogP contribution in [0.5, 0.6) is 0 Å². The number of hydrogen-bond donors (Lipinski definition) is 1. The number of carboxylic acids is 1. The van der Waals surface area contributed by atoms with Crippen LogP contribution in [0.3, 0.4) is 0 Å². The fraction of sp³-hybridized carbons (Fsp3) is 0.909. The van der Waals surface area contributed by atoms with E-state index in [9.17, 15) is 4.79 Å². The maximum absolute atomic E-state index is 10.6. The topological polar surface area (TPSA) is 43.8 Å². The molecule has 88 valence electrons. The fourth-order valence-electron chi connectivity index (χ4n) is 2.27. The summed E-state index contributed by atoms with van der Waals surface area (Å²) in [5.41, 5.74) is 0. The summed E-state index contributed by atoms with van der Waals surface area (Å²) >= 11 is 0. The molecule has 0 amide bonds. The molecule has 0 bridgehead atoms. The molecule has 0 radical (unpaired) electrons. The molecule has 15 heavy (non-hydrogen) atoms. The lowest BCUT2D eigenvalue weighted by molar-refractivity contribution is -0.137. The molecule has 1 heterocycles. The van der Waals surface area contributed by atoms with Crippen LogP contribution < -0.4 is 0 Å². The second-order valence-electron chi connectivity index (χ2n) is 4.33. The molecule has 1 aliphatic heterocycles. The van der Waals surface area contributed by atoms with Crippen molar-refractivity contribution in [3.8, 4) is 0 Å². The lowest BCUT2D eigenvalue weighted by atomic mass is 10.1. The molecule has 1 rings (SSSR count). The van der Waals surface area contributed by atoms with Gasteiger partial charge in [0.25, 0.3) is 0 Å². The van der Waals surface area contributed by atoms with Gasteiger partial charge in [0.2, 0.25) is 0 Å². The van der Waals surface area contributed by atoms with Gasteiger partial charge < -0.3 is 10.0 Å². The highest BCUT2D eigenvalue weighted by Crippen LogP contribution is 2.13. The molecule has 0 spiro atoms. The first-order valence-electron chi connectivity index (χ1n) is 5.78. The molecule has 4 heteroatoms. The first kappa shape index (κ1) is 12.5. The Morgan fingerprint density at radius 3 is 2.80 bits per heavy atom. The Hall–Kier alpha value is -0.610. The summed E-state index contributed by atoms with van der Waals surface area (Å²) in [5, 5.41) is 8.71. The van der Waals surface area contributed by atoms with Gasteiger partial charge in [-0.05, 0) is 39.5 Å². The van der Waals surface area contributed by atoms with E-state index in [2.05, 4.69) is 23.8 Å². The van der Waals surface area contributed by atoms with Crippen LogP contribution >= 0.6 is 0 Å². The SMILES string of the molecule is CCN1CCCN(C)CC1CCC(=O)O. The molecule has 4 nitrogen and oxygen atoms in total. The largest absolute Gasteiger partial charge is 0.481 e. The van der Waals surface area contributed by atoms with Gasteiger partial charge in [-0.25, -0.2) is 0 Å². The molecule has 0 saturated carbocycles. The number of likely N-dealkylation sites (N-methyl/N-ethyl adjacent to an activating group) is 2. The average Bonchev–Trinajstić information content (AvgIpc) is 2.36. The number of aliphatic carboxylic acids is 1. The first-order chi connectivity index (χ1) is 7.13. The molecule has 1 aliphatic rings. The van der Waals surface area contributed by atoms with Crippen molar-refractivity contribution < 1.29 is 9.90 Å². The Kier molecular flexibility index (Phi) is 5.05. The lowest BCUT2D eigenvalue weighted by Crippen LogP contribution is -2.40. The van der Waals surface area contributed by atoms with Gasteiger partial charge in [-0.15, -0.1) is 0 Å². The second kappa shape index (κ2) is 6.08. The van der Waals surface area contributed by atoms with E-state index in [1.165, 1.54) is 6.42 Å². The summed E-state index contributed by atoms with van der Waals surface area (Å²) in [6.45, 7) is 6.41. The number of hydrogen-bond acceptors (Lipinski definition) is 3. The van der Waals surface area contributed by atoms with Crippen LogP contribution in [0.1, 0.15) is 26.2 Å². The molecule has 0 aromatic rings. The number of carboxylic acid groups (broad SMARTS) is 1. The zero-order valence-electron chi connectivity index (χ0n) is 9.78. The molecule has 1 saturated heterocycles. The van der Waals surface area contributed by atoms with Crippen molar-refractivity contribution in [1.29, 1.82) is 0 Å². The molecule has 0 aromatic heterocycles. The second-order valence-corrected chi connectivity index (χ2v) is 4.33. The number of rotatable bonds is 4. The highest BCUT2D eigenvalue weighted by molar-refractivity contribution is 5.66. The van der Waals surface area contributed by atoms with E-state index in [1.807, 2.05) is 0 Å². The summed E-state index contributed by atoms with van der Waals surface area (Å²) in [4.78, 5) is 15.3. The normalized spacial score (nSPS) is 25.1. The van der Waals surface area contributed by atoms with Gasteiger partial charge in [-0.1, -0.05) is 6.92 Å². The molecule has 1 atom stereocenters. The molecular formula is C11H22N2O2. The minimum absolute atomic E-state index is 0.287. The first-order valence-corrected chi connectivity index (χ1v) is 5.78. The fourth-order valence-corrected chi connectivity index (χ4v) is 2.27. The van der Waals surface area contributed by atoms with Crippen LogP contribution in [0.2, 0.25) is 0 Å². The molecule has 0 aromatic carbocycles. The highest BCUT2D eigenvalue weighted by Gasteiger charge is 2.22. The van der Waals surface area contributed by atoms with Crippen molar-refractivity contribution in [2.24, 2.45) is 0 Å². The maximum atomic E-state index is 10.6. The summed E-state index contributed by atoms with van der Waals surface area (Å²) in [6.07, 6.45) is 2.25. The number of nitrogens with zero attached hydrogens (tertiary/aromatic N) is 2. The van der Waals surface area contributed by atoms with Crippen molar-refractivity contribution in [3.63, 3.8) is 0 Å². The summed E-state index contributed by atoms with van der Waals surface area (Å²) in [7, 11) is 2.12. The molecular weight excluding hydrogens is 192 g/mol. The third kappa shape index (κ3) is 4.18. The number of carbonyl (C=O) groups is 1. The third-order valence-electron chi connectivity index (χ3n) is 3.12.